The molecule has 1 aromatic heterocycles. The van der Waals surface area contributed by atoms with Gasteiger partial charge in [-0.25, -0.2) is 4.98 Å². The van der Waals surface area contributed by atoms with Crippen LogP contribution in [-0.4, -0.2) is 35.6 Å². The fraction of sp³-hybridized carbons (Fsp3) is 0.636. The van der Waals surface area contributed by atoms with Gasteiger partial charge in [0.15, 0.2) is 0 Å². The van der Waals surface area contributed by atoms with Crippen molar-refractivity contribution in [3.8, 4) is 0 Å². The quantitative estimate of drug-likeness (QED) is 0.870. The fourth-order valence-corrected chi connectivity index (χ4v) is 2.24. The van der Waals surface area contributed by atoms with E-state index in [-0.39, 0.29) is 0 Å². The average Bonchev–Trinajstić information content (AvgIpc) is 2.79. The SMILES string of the molecule is CCCN(c1cncc(Cl)n1)C1CCNC1. The molecular formula is C11H17ClN4. The van der Waals surface area contributed by atoms with Crippen molar-refractivity contribution in [3.63, 3.8) is 0 Å². The van der Waals surface area contributed by atoms with Crippen molar-refractivity contribution >= 4 is 17.4 Å². The van der Waals surface area contributed by atoms with Gasteiger partial charge < -0.3 is 10.2 Å². The number of anilines is 1. The van der Waals surface area contributed by atoms with Crippen LogP contribution in [0.5, 0.6) is 0 Å². The summed E-state index contributed by atoms with van der Waals surface area (Å²) in [6.07, 6.45) is 5.63. The lowest BCUT2D eigenvalue weighted by molar-refractivity contribution is 0.617. The lowest BCUT2D eigenvalue weighted by Crippen LogP contribution is -2.38. The van der Waals surface area contributed by atoms with Gasteiger partial charge in [0.05, 0.1) is 12.4 Å². The second-order valence-corrected chi connectivity index (χ2v) is 4.43. The molecule has 0 spiro atoms. The summed E-state index contributed by atoms with van der Waals surface area (Å²) in [6, 6.07) is 0.521. The number of hydrogen-bond donors (Lipinski definition) is 1. The zero-order chi connectivity index (χ0) is 11.4. The maximum Gasteiger partial charge on any atom is 0.149 e. The van der Waals surface area contributed by atoms with Gasteiger partial charge in [-0.1, -0.05) is 18.5 Å². The Balaban J connectivity index is 2.17. The molecule has 0 amide bonds. The zero-order valence-electron chi connectivity index (χ0n) is 9.49. The smallest absolute Gasteiger partial charge is 0.149 e. The third kappa shape index (κ3) is 2.62. The summed E-state index contributed by atoms with van der Waals surface area (Å²) in [7, 11) is 0. The highest BCUT2D eigenvalue weighted by Crippen LogP contribution is 2.19. The first kappa shape index (κ1) is 11.6. The first-order valence-electron chi connectivity index (χ1n) is 5.76. The third-order valence-electron chi connectivity index (χ3n) is 2.83. The highest BCUT2D eigenvalue weighted by atomic mass is 35.5. The molecule has 16 heavy (non-hydrogen) atoms. The van der Waals surface area contributed by atoms with Crippen LogP contribution < -0.4 is 10.2 Å². The summed E-state index contributed by atoms with van der Waals surface area (Å²) in [5.41, 5.74) is 0. The monoisotopic (exact) mass is 240 g/mol. The molecule has 5 heteroatoms. The van der Waals surface area contributed by atoms with Crippen LogP contribution in [0.1, 0.15) is 19.8 Å². The second-order valence-electron chi connectivity index (χ2n) is 4.04. The summed E-state index contributed by atoms with van der Waals surface area (Å²) in [5.74, 6) is 0.892. The van der Waals surface area contributed by atoms with Crippen LogP contribution >= 0.6 is 11.6 Å². The van der Waals surface area contributed by atoms with Crippen LogP contribution in [0.4, 0.5) is 5.82 Å². The Labute approximate surface area is 101 Å². The largest absolute Gasteiger partial charge is 0.351 e. The molecule has 4 nitrogen and oxygen atoms in total. The maximum absolute atomic E-state index is 5.88. The number of nitrogens with one attached hydrogen (secondary N) is 1. The summed E-state index contributed by atoms with van der Waals surface area (Å²) < 4.78 is 0. The van der Waals surface area contributed by atoms with Crippen molar-refractivity contribution in [3.05, 3.63) is 17.5 Å². The number of hydrogen-bond acceptors (Lipinski definition) is 4. The lowest BCUT2D eigenvalue weighted by atomic mass is 10.2. The van der Waals surface area contributed by atoms with Gasteiger partial charge in [-0.3, -0.25) is 4.98 Å². The Kier molecular flexibility index (Phi) is 3.96. The van der Waals surface area contributed by atoms with Crippen molar-refractivity contribution in [1.29, 1.82) is 0 Å². The molecule has 1 unspecified atom stereocenters. The van der Waals surface area contributed by atoms with Crippen molar-refractivity contribution in [1.82, 2.24) is 15.3 Å². The number of rotatable bonds is 4. The van der Waals surface area contributed by atoms with Gasteiger partial charge in [0, 0.05) is 19.1 Å². The molecule has 0 saturated carbocycles. The normalized spacial score (nSPS) is 20.0. The summed E-state index contributed by atoms with van der Waals surface area (Å²) >= 11 is 5.88. The molecule has 2 rings (SSSR count). The zero-order valence-corrected chi connectivity index (χ0v) is 10.2. The number of aromatic nitrogens is 2. The Bertz CT molecular complexity index is 339. The molecule has 0 aromatic carbocycles. The molecule has 0 aliphatic carbocycles. The van der Waals surface area contributed by atoms with Crippen LogP contribution in [0.2, 0.25) is 5.15 Å². The molecule has 1 aliphatic rings. The number of nitrogens with zero attached hydrogens (tertiary/aromatic N) is 3. The molecule has 1 atom stereocenters. The van der Waals surface area contributed by atoms with E-state index in [1.165, 1.54) is 0 Å². The van der Waals surface area contributed by atoms with Gasteiger partial charge >= 0.3 is 0 Å². The molecule has 88 valence electrons. The van der Waals surface area contributed by atoms with E-state index in [0.29, 0.717) is 11.2 Å². The fourth-order valence-electron chi connectivity index (χ4n) is 2.10. The molecule has 1 fully saturated rings. The van der Waals surface area contributed by atoms with Crippen molar-refractivity contribution in [2.45, 2.75) is 25.8 Å². The minimum Gasteiger partial charge on any atom is -0.351 e. The van der Waals surface area contributed by atoms with Crippen LogP contribution in [0.15, 0.2) is 12.4 Å². The summed E-state index contributed by atoms with van der Waals surface area (Å²) in [6.45, 7) is 5.28. The van der Waals surface area contributed by atoms with E-state index < -0.39 is 0 Å². The number of halogens is 1. The molecule has 1 aromatic rings. The molecule has 1 N–H and O–H groups in total. The van der Waals surface area contributed by atoms with Crippen molar-refractivity contribution < 1.29 is 0 Å². The van der Waals surface area contributed by atoms with Crippen molar-refractivity contribution in [2.75, 3.05) is 24.5 Å². The van der Waals surface area contributed by atoms with Gasteiger partial charge in [-0.05, 0) is 19.4 Å². The first-order chi connectivity index (χ1) is 7.81. The Morgan fingerprint density at radius 1 is 1.56 bits per heavy atom. The average molecular weight is 241 g/mol. The maximum atomic E-state index is 5.88. The Morgan fingerprint density at radius 2 is 2.44 bits per heavy atom. The van der Waals surface area contributed by atoms with Gasteiger partial charge in [-0.2, -0.15) is 0 Å². The predicted octanol–water partition coefficient (Wildman–Crippen LogP) is 1.71. The molecule has 1 aliphatic heterocycles. The van der Waals surface area contributed by atoms with Crippen LogP contribution in [0.25, 0.3) is 0 Å². The van der Waals surface area contributed by atoms with E-state index in [1.54, 1.807) is 12.4 Å². The van der Waals surface area contributed by atoms with E-state index in [1.807, 2.05) is 0 Å². The molecule has 0 bridgehead atoms. The minimum absolute atomic E-state index is 0.463. The van der Waals surface area contributed by atoms with Crippen LogP contribution in [0.3, 0.4) is 0 Å². The first-order valence-corrected chi connectivity index (χ1v) is 6.14. The lowest BCUT2D eigenvalue weighted by Gasteiger charge is -2.28. The van der Waals surface area contributed by atoms with Crippen LogP contribution in [-0.2, 0) is 0 Å². The Hall–Kier alpha value is -0.870. The highest BCUT2D eigenvalue weighted by molar-refractivity contribution is 6.29. The van der Waals surface area contributed by atoms with Crippen LogP contribution in [0, 0.1) is 0 Å². The minimum atomic E-state index is 0.463. The van der Waals surface area contributed by atoms with Gasteiger partial charge in [0.2, 0.25) is 0 Å². The van der Waals surface area contributed by atoms with E-state index in [9.17, 15) is 0 Å². The van der Waals surface area contributed by atoms with Crippen molar-refractivity contribution in [2.24, 2.45) is 0 Å². The molecule has 1 saturated heterocycles. The third-order valence-corrected chi connectivity index (χ3v) is 3.01. The van der Waals surface area contributed by atoms with E-state index in [0.717, 1.165) is 38.3 Å². The molecular weight excluding hydrogens is 224 g/mol. The van der Waals surface area contributed by atoms with Gasteiger partial charge in [-0.15, -0.1) is 0 Å². The molecule has 2 heterocycles. The standard InChI is InChI=1S/C11H17ClN4/c1-2-5-16(9-3-4-13-6-9)11-8-14-7-10(12)15-11/h7-9,13H,2-6H2,1H3. The second kappa shape index (κ2) is 5.46. The van der Waals surface area contributed by atoms with Gasteiger partial charge in [0.1, 0.15) is 11.0 Å². The predicted molar refractivity (Wildman–Crippen MR) is 66.0 cm³/mol. The summed E-state index contributed by atoms with van der Waals surface area (Å²) in [4.78, 5) is 10.7. The Morgan fingerprint density at radius 3 is 3.06 bits per heavy atom. The van der Waals surface area contributed by atoms with E-state index in [4.69, 9.17) is 11.6 Å². The summed E-state index contributed by atoms with van der Waals surface area (Å²) in [5, 5.41) is 3.84. The van der Waals surface area contributed by atoms with Gasteiger partial charge in [0.25, 0.3) is 0 Å². The topological polar surface area (TPSA) is 41.1 Å². The molecule has 0 radical (unpaired) electrons. The van der Waals surface area contributed by atoms with E-state index in [2.05, 4.69) is 27.1 Å². The van der Waals surface area contributed by atoms with E-state index >= 15 is 0 Å². The highest BCUT2D eigenvalue weighted by Gasteiger charge is 2.23.